The molecule has 204 valence electrons. The molecular formula is C39H27N3O. The van der Waals surface area contributed by atoms with Gasteiger partial charge in [0, 0.05) is 51.3 Å². The Balaban J connectivity index is 1.28. The summed E-state index contributed by atoms with van der Waals surface area (Å²) in [5.74, 6) is 1.69. The van der Waals surface area contributed by atoms with Crippen molar-refractivity contribution < 1.29 is 4.74 Å². The number of aromatic nitrogens is 1. The molecule has 0 amide bonds. The van der Waals surface area contributed by atoms with Gasteiger partial charge in [-0.1, -0.05) is 72.8 Å². The average molecular weight is 554 g/mol. The van der Waals surface area contributed by atoms with Gasteiger partial charge in [0.1, 0.15) is 11.5 Å². The molecular weight excluding hydrogens is 526 g/mol. The monoisotopic (exact) mass is 553 g/mol. The summed E-state index contributed by atoms with van der Waals surface area (Å²) in [6.07, 6.45) is 3.71. The number of pyridine rings is 1. The van der Waals surface area contributed by atoms with E-state index in [-0.39, 0.29) is 0 Å². The van der Waals surface area contributed by atoms with Gasteiger partial charge in [-0.05, 0) is 78.4 Å². The van der Waals surface area contributed by atoms with Crippen molar-refractivity contribution in [2.24, 2.45) is 0 Å². The van der Waals surface area contributed by atoms with E-state index < -0.39 is 0 Å². The van der Waals surface area contributed by atoms with Crippen molar-refractivity contribution in [3.8, 4) is 22.6 Å². The lowest BCUT2D eigenvalue weighted by molar-refractivity contribution is 0.487. The molecule has 0 unspecified atom stereocenters. The second-order valence-electron chi connectivity index (χ2n) is 10.5. The second-order valence-corrected chi connectivity index (χ2v) is 10.5. The zero-order chi connectivity index (χ0) is 28.6. The second kappa shape index (κ2) is 10.5. The van der Waals surface area contributed by atoms with Gasteiger partial charge in [0.05, 0.1) is 17.6 Å². The lowest BCUT2D eigenvalue weighted by Crippen LogP contribution is -2.12. The quantitative estimate of drug-likeness (QED) is 0.205. The van der Waals surface area contributed by atoms with E-state index in [0.29, 0.717) is 0 Å². The highest BCUT2D eigenvalue weighted by molar-refractivity contribution is 6.11. The molecule has 2 heterocycles. The zero-order valence-electron chi connectivity index (χ0n) is 23.3. The molecule has 0 fully saturated rings. The highest BCUT2D eigenvalue weighted by Gasteiger charge is 2.25. The predicted molar refractivity (Wildman–Crippen MR) is 177 cm³/mol. The first-order chi connectivity index (χ1) is 21.3. The van der Waals surface area contributed by atoms with E-state index in [1.807, 2.05) is 30.5 Å². The lowest BCUT2D eigenvalue weighted by Gasteiger charge is -2.30. The minimum Gasteiger partial charge on any atom is -0.456 e. The summed E-state index contributed by atoms with van der Waals surface area (Å²) >= 11 is 0. The summed E-state index contributed by atoms with van der Waals surface area (Å²) in [7, 11) is 0. The largest absolute Gasteiger partial charge is 0.456 e. The number of hydrogen-bond acceptors (Lipinski definition) is 4. The molecule has 43 heavy (non-hydrogen) atoms. The van der Waals surface area contributed by atoms with Crippen LogP contribution in [0, 0.1) is 0 Å². The van der Waals surface area contributed by atoms with Gasteiger partial charge in [-0.2, -0.15) is 0 Å². The van der Waals surface area contributed by atoms with Crippen molar-refractivity contribution in [1.82, 2.24) is 4.98 Å². The van der Waals surface area contributed by atoms with Gasteiger partial charge in [-0.25, -0.2) is 0 Å². The summed E-state index contributed by atoms with van der Waals surface area (Å²) in [6, 6.07) is 52.6. The van der Waals surface area contributed by atoms with Crippen LogP contribution >= 0.6 is 0 Å². The summed E-state index contributed by atoms with van der Waals surface area (Å²) in [5.41, 5.74) is 8.59. The maximum Gasteiger partial charge on any atom is 0.137 e. The standard InChI is InChI=1S/C39H27N3O/c1-4-12-28(13-5-1)41(29-14-6-2-7-15-29)31-21-22-33-34-23-24-36(35-19-10-20-37(39(34)35)43-38(33)26-31)42(30-16-8-3-9-17-30)32-18-11-25-40-27-32/h1-27H. The summed E-state index contributed by atoms with van der Waals surface area (Å²) in [5, 5.41) is 2.22. The van der Waals surface area contributed by atoms with Crippen molar-refractivity contribution in [2.75, 3.05) is 9.80 Å². The zero-order valence-corrected chi connectivity index (χ0v) is 23.3. The van der Waals surface area contributed by atoms with E-state index in [0.717, 1.165) is 67.5 Å². The molecule has 0 aliphatic carbocycles. The lowest BCUT2D eigenvalue weighted by atomic mass is 9.93. The molecule has 0 N–H and O–H groups in total. The fourth-order valence-electron chi connectivity index (χ4n) is 6.03. The Morgan fingerprint density at radius 2 is 1.07 bits per heavy atom. The van der Waals surface area contributed by atoms with Gasteiger partial charge >= 0.3 is 0 Å². The maximum absolute atomic E-state index is 6.70. The number of benzene rings is 6. The Hall–Kier alpha value is -5.87. The average Bonchev–Trinajstić information content (AvgIpc) is 3.08. The molecule has 0 atom stereocenters. The van der Waals surface area contributed by atoms with E-state index in [2.05, 4.69) is 142 Å². The number of fused-ring (bicyclic) bond motifs is 2. The smallest absolute Gasteiger partial charge is 0.137 e. The topological polar surface area (TPSA) is 28.6 Å². The van der Waals surface area contributed by atoms with Crippen LogP contribution in [-0.2, 0) is 0 Å². The van der Waals surface area contributed by atoms with Crippen LogP contribution in [0.25, 0.3) is 21.9 Å². The third-order valence-corrected chi connectivity index (χ3v) is 7.90. The van der Waals surface area contributed by atoms with Crippen LogP contribution in [0.15, 0.2) is 164 Å². The molecule has 8 rings (SSSR count). The molecule has 1 aromatic heterocycles. The number of rotatable bonds is 6. The Labute approximate surface area is 250 Å². The SMILES string of the molecule is c1ccc(N(c2ccccc2)c2ccc3c(c2)Oc2cccc4c(N(c5ccccc5)c5cccnc5)ccc-3c24)cc1. The van der Waals surface area contributed by atoms with Crippen LogP contribution in [0.1, 0.15) is 0 Å². The van der Waals surface area contributed by atoms with Gasteiger partial charge in [-0.15, -0.1) is 0 Å². The van der Waals surface area contributed by atoms with Crippen LogP contribution in [0.2, 0.25) is 0 Å². The molecule has 0 bridgehead atoms. The summed E-state index contributed by atoms with van der Waals surface area (Å²) in [4.78, 5) is 8.94. The molecule has 0 saturated carbocycles. The molecule has 0 spiro atoms. The maximum atomic E-state index is 6.70. The van der Waals surface area contributed by atoms with Crippen LogP contribution in [0.5, 0.6) is 11.5 Å². The first kappa shape index (κ1) is 24.9. The number of hydrogen-bond donors (Lipinski definition) is 0. The van der Waals surface area contributed by atoms with E-state index in [9.17, 15) is 0 Å². The van der Waals surface area contributed by atoms with Crippen LogP contribution in [0.4, 0.5) is 34.1 Å². The molecule has 0 radical (unpaired) electrons. The van der Waals surface area contributed by atoms with Crippen LogP contribution in [0.3, 0.4) is 0 Å². The Kier molecular flexibility index (Phi) is 6.08. The van der Waals surface area contributed by atoms with Crippen LogP contribution in [-0.4, -0.2) is 4.98 Å². The van der Waals surface area contributed by atoms with Crippen molar-refractivity contribution >= 4 is 44.9 Å². The molecule has 4 nitrogen and oxygen atoms in total. The first-order valence-corrected chi connectivity index (χ1v) is 14.4. The van der Waals surface area contributed by atoms with Crippen LogP contribution < -0.4 is 14.5 Å². The van der Waals surface area contributed by atoms with Gasteiger partial charge in [0.2, 0.25) is 0 Å². The molecule has 1 aliphatic rings. The highest BCUT2D eigenvalue weighted by atomic mass is 16.5. The predicted octanol–water partition coefficient (Wildman–Crippen LogP) is 10.9. The van der Waals surface area contributed by atoms with Crippen molar-refractivity contribution in [2.45, 2.75) is 0 Å². The summed E-state index contributed by atoms with van der Waals surface area (Å²) < 4.78 is 6.70. The number of nitrogens with zero attached hydrogens (tertiary/aromatic N) is 3. The van der Waals surface area contributed by atoms with Gasteiger partial charge in [0.25, 0.3) is 0 Å². The molecule has 4 heteroatoms. The fraction of sp³-hybridized carbons (Fsp3) is 0. The van der Waals surface area contributed by atoms with Crippen molar-refractivity contribution in [1.29, 1.82) is 0 Å². The van der Waals surface area contributed by atoms with E-state index in [4.69, 9.17) is 4.74 Å². The molecule has 6 aromatic carbocycles. The van der Waals surface area contributed by atoms with E-state index in [1.54, 1.807) is 6.20 Å². The van der Waals surface area contributed by atoms with Gasteiger partial charge in [0.15, 0.2) is 0 Å². The minimum absolute atomic E-state index is 0.842. The fourth-order valence-corrected chi connectivity index (χ4v) is 6.03. The number of para-hydroxylation sites is 3. The number of anilines is 6. The summed E-state index contributed by atoms with van der Waals surface area (Å²) in [6.45, 7) is 0. The minimum atomic E-state index is 0.842. The van der Waals surface area contributed by atoms with Gasteiger partial charge < -0.3 is 14.5 Å². The number of ether oxygens (including phenoxy) is 1. The van der Waals surface area contributed by atoms with Crippen molar-refractivity contribution in [3.63, 3.8) is 0 Å². The molecule has 7 aromatic rings. The van der Waals surface area contributed by atoms with Gasteiger partial charge in [-0.3, -0.25) is 4.98 Å². The third-order valence-electron chi connectivity index (χ3n) is 7.90. The van der Waals surface area contributed by atoms with E-state index in [1.165, 1.54) is 0 Å². The molecule has 0 saturated heterocycles. The van der Waals surface area contributed by atoms with Crippen molar-refractivity contribution in [3.05, 3.63) is 164 Å². The van der Waals surface area contributed by atoms with E-state index >= 15 is 0 Å². The molecule has 1 aliphatic heterocycles. The normalized spacial score (nSPS) is 11.4. The Morgan fingerprint density at radius 3 is 1.72 bits per heavy atom. The first-order valence-electron chi connectivity index (χ1n) is 14.4. The Bertz CT molecular complexity index is 1970. The Morgan fingerprint density at radius 1 is 0.442 bits per heavy atom. The third kappa shape index (κ3) is 4.37. The highest BCUT2D eigenvalue weighted by Crippen LogP contribution is 2.51.